The SMILES string of the molecule is CC1(n2c(CCl)nc3cc(Cl)c(F)cc32)CCOCC1. The molecular weight excluding hydrogens is 302 g/mol. The van der Waals surface area contributed by atoms with Crippen LogP contribution in [0.15, 0.2) is 12.1 Å². The average Bonchev–Trinajstić information content (AvgIpc) is 2.78. The van der Waals surface area contributed by atoms with Gasteiger partial charge in [0.25, 0.3) is 0 Å². The molecule has 1 saturated heterocycles. The second-order valence-corrected chi connectivity index (χ2v) is 6.04. The summed E-state index contributed by atoms with van der Waals surface area (Å²) in [5, 5.41) is 0.0837. The zero-order valence-electron chi connectivity index (χ0n) is 11.1. The quantitative estimate of drug-likeness (QED) is 0.780. The van der Waals surface area contributed by atoms with Crippen molar-refractivity contribution in [1.29, 1.82) is 0 Å². The van der Waals surface area contributed by atoms with E-state index in [0.717, 1.165) is 24.2 Å². The number of ether oxygens (including phenoxy) is 1. The van der Waals surface area contributed by atoms with E-state index in [1.807, 2.05) is 0 Å². The first-order valence-corrected chi connectivity index (χ1v) is 7.47. The number of aromatic nitrogens is 2. The lowest BCUT2D eigenvalue weighted by Gasteiger charge is -2.36. The second kappa shape index (κ2) is 5.17. The lowest BCUT2D eigenvalue weighted by molar-refractivity contribution is 0.0302. The molecule has 20 heavy (non-hydrogen) atoms. The first-order chi connectivity index (χ1) is 9.55. The van der Waals surface area contributed by atoms with Crippen LogP contribution in [0.2, 0.25) is 5.02 Å². The Bertz CT molecular complexity index is 650. The Morgan fingerprint density at radius 2 is 2.10 bits per heavy atom. The predicted molar refractivity (Wildman–Crippen MR) is 78.0 cm³/mol. The number of benzene rings is 1. The van der Waals surface area contributed by atoms with Crippen LogP contribution in [-0.2, 0) is 16.2 Å². The molecule has 6 heteroatoms. The van der Waals surface area contributed by atoms with E-state index >= 15 is 0 Å². The maximum absolute atomic E-state index is 13.8. The summed E-state index contributed by atoms with van der Waals surface area (Å²) in [5.41, 5.74) is 1.27. The lowest BCUT2D eigenvalue weighted by Crippen LogP contribution is -2.37. The fourth-order valence-electron chi connectivity index (χ4n) is 2.85. The van der Waals surface area contributed by atoms with Gasteiger partial charge in [0.05, 0.1) is 21.9 Å². The zero-order chi connectivity index (χ0) is 14.3. The smallest absolute Gasteiger partial charge is 0.144 e. The molecule has 0 spiro atoms. The number of imidazole rings is 1. The summed E-state index contributed by atoms with van der Waals surface area (Å²) in [6.07, 6.45) is 1.71. The van der Waals surface area contributed by atoms with Gasteiger partial charge >= 0.3 is 0 Å². The van der Waals surface area contributed by atoms with Crippen LogP contribution in [-0.4, -0.2) is 22.8 Å². The third-order valence-corrected chi connectivity index (χ3v) is 4.52. The van der Waals surface area contributed by atoms with Gasteiger partial charge in [-0.05, 0) is 25.8 Å². The van der Waals surface area contributed by atoms with Crippen molar-refractivity contribution in [3.05, 3.63) is 28.8 Å². The molecule has 1 fully saturated rings. The van der Waals surface area contributed by atoms with Crippen molar-refractivity contribution in [3.63, 3.8) is 0 Å². The second-order valence-electron chi connectivity index (χ2n) is 5.36. The van der Waals surface area contributed by atoms with Gasteiger partial charge in [-0.1, -0.05) is 11.6 Å². The molecule has 1 aliphatic heterocycles. The van der Waals surface area contributed by atoms with Crippen molar-refractivity contribution in [1.82, 2.24) is 9.55 Å². The highest BCUT2D eigenvalue weighted by Crippen LogP contribution is 2.35. The minimum atomic E-state index is -0.433. The van der Waals surface area contributed by atoms with Crippen LogP contribution in [0.4, 0.5) is 4.39 Å². The minimum Gasteiger partial charge on any atom is -0.381 e. The average molecular weight is 317 g/mol. The topological polar surface area (TPSA) is 27.1 Å². The molecule has 2 aromatic rings. The van der Waals surface area contributed by atoms with Gasteiger partial charge in [0.15, 0.2) is 0 Å². The molecule has 1 aliphatic rings. The molecule has 1 aromatic carbocycles. The highest BCUT2D eigenvalue weighted by atomic mass is 35.5. The summed E-state index contributed by atoms with van der Waals surface area (Å²) >= 11 is 11.9. The molecule has 0 unspecified atom stereocenters. The van der Waals surface area contributed by atoms with Gasteiger partial charge in [-0.15, -0.1) is 11.6 Å². The van der Waals surface area contributed by atoms with Gasteiger partial charge < -0.3 is 9.30 Å². The highest BCUT2D eigenvalue weighted by molar-refractivity contribution is 6.31. The highest BCUT2D eigenvalue weighted by Gasteiger charge is 2.33. The normalized spacial score (nSPS) is 18.6. The molecule has 2 heterocycles. The van der Waals surface area contributed by atoms with Crippen LogP contribution in [0.25, 0.3) is 11.0 Å². The summed E-state index contributed by atoms with van der Waals surface area (Å²) in [7, 11) is 0. The summed E-state index contributed by atoms with van der Waals surface area (Å²) in [6, 6.07) is 3.00. The van der Waals surface area contributed by atoms with Crippen LogP contribution in [0, 0.1) is 5.82 Å². The molecule has 0 bridgehead atoms. The number of hydrogen-bond donors (Lipinski definition) is 0. The summed E-state index contributed by atoms with van der Waals surface area (Å²) in [5.74, 6) is 0.592. The van der Waals surface area contributed by atoms with Gasteiger partial charge in [0.1, 0.15) is 11.6 Å². The maximum Gasteiger partial charge on any atom is 0.144 e. The summed E-state index contributed by atoms with van der Waals surface area (Å²) in [6.45, 7) is 3.52. The van der Waals surface area contributed by atoms with Crippen molar-refractivity contribution < 1.29 is 9.13 Å². The zero-order valence-corrected chi connectivity index (χ0v) is 12.6. The number of alkyl halides is 1. The van der Waals surface area contributed by atoms with E-state index in [2.05, 4.69) is 16.5 Å². The summed E-state index contributed by atoms with van der Waals surface area (Å²) < 4.78 is 21.3. The van der Waals surface area contributed by atoms with E-state index in [-0.39, 0.29) is 16.4 Å². The summed E-state index contributed by atoms with van der Waals surface area (Å²) in [4.78, 5) is 4.49. The molecule has 0 atom stereocenters. The van der Waals surface area contributed by atoms with Gasteiger partial charge in [0.2, 0.25) is 0 Å². The standard InChI is InChI=1S/C14H15Cl2FN2O/c1-14(2-4-20-5-3-14)19-12-7-10(17)9(16)6-11(12)18-13(19)8-15/h6-7H,2-5,8H2,1H3. The number of hydrogen-bond acceptors (Lipinski definition) is 2. The van der Waals surface area contributed by atoms with Gasteiger partial charge in [-0.2, -0.15) is 0 Å². The molecule has 0 N–H and O–H groups in total. The number of fused-ring (bicyclic) bond motifs is 1. The fourth-order valence-corrected chi connectivity index (χ4v) is 3.19. The molecule has 3 nitrogen and oxygen atoms in total. The fraction of sp³-hybridized carbons (Fsp3) is 0.500. The molecule has 1 aromatic heterocycles. The van der Waals surface area contributed by atoms with Crippen molar-refractivity contribution >= 4 is 34.2 Å². The molecule has 0 saturated carbocycles. The monoisotopic (exact) mass is 316 g/mol. The van der Waals surface area contributed by atoms with Crippen molar-refractivity contribution in [2.45, 2.75) is 31.2 Å². The van der Waals surface area contributed by atoms with Crippen molar-refractivity contribution in [3.8, 4) is 0 Å². The Labute approximate surface area is 126 Å². The van der Waals surface area contributed by atoms with Crippen molar-refractivity contribution in [2.75, 3.05) is 13.2 Å². The van der Waals surface area contributed by atoms with E-state index in [1.165, 1.54) is 6.07 Å². The minimum absolute atomic E-state index is 0.0837. The number of nitrogens with zero attached hydrogens (tertiary/aromatic N) is 2. The Kier molecular flexibility index (Phi) is 3.65. The van der Waals surface area contributed by atoms with Crippen LogP contribution in [0.1, 0.15) is 25.6 Å². The Hall–Kier alpha value is -0.840. The largest absolute Gasteiger partial charge is 0.381 e. The maximum atomic E-state index is 13.8. The third-order valence-electron chi connectivity index (χ3n) is 4.00. The molecule has 3 rings (SSSR count). The van der Waals surface area contributed by atoms with Crippen molar-refractivity contribution in [2.24, 2.45) is 0 Å². The first kappa shape index (κ1) is 14.1. The Morgan fingerprint density at radius 3 is 2.75 bits per heavy atom. The number of halogens is 3. The van der Waals surface area contributed by atoms with Gasteiger partial charge in [-0.25, -0.2) is 9.37 Å². The van der Waals surface area contributed by atoms with Crippen LogP contribution in [0.5, 0.6) is 0 Å². The predicted octanol–water partition coefficient (Wildman–Crippen LogP) is 4.09. The Morgan fingerprint density at radius 1 is 1.40 bits per heavy atom. The van der Waals surface area contributed by atoms with Crippen LogP contribution < -0.4 is 0 Å². The molecule has 0 aliphatic carbocycles. The molecule has 108 valence electrons. The number of rotatable bonds is 2. The van der Waals surface area contributed by atoms with Crippen LogP contribution >= 0.6 is 23.2 Å². The third kappa shape index (κ3) is 2.20. The van der Waals surface area contributed by atoms with E-state index in [0.29, 0.717) is 18.7 Å². The van der Waals surface area contributed by atoms with Crippen LogP contribution in [0.3, 0.4) is 0 Å². The van der Waals surface area contributed by atoms with Gasteiger partial charge in [-0.3, -0.25) is 0 Å². The van der Waals surface area contributed by atoms with E-state index < -0.39 is 5.82 Å². The molecular formula is C14H15Cl2FN2O. The molecule has 0 amide bonds. The van der Waals surface area contributed by atoms with Gasteiger partial charge in [0, 0.05) is 24.8 Å². The van der Waals surface area contributed by atoms with E-state index in [9.17, 15) is 4.39 Å². The van der Waals surface area contributed by atoms with E-state index in [1.54, 1.807) is 6.07 Å². The lowest BCUT2D eigenvalue weighted by atomic mass is 9.91. The first-order valence-electron chi connectivity index (χ1n) is 6.56. The Balaban J connectivity index is 2.24. The van der Waals surface area contributed by atoms with E-state index in [4.69, 9.17) is 27.9 Å². The molecule has 0 radical (unpaired) electrons.